The molecule has 0 amide bonds. The van der Waals surface area contributed by atoms with Gasteiger partial charge < -0.3 is 4.74 Å². The zero-order valence-electron chi connectivity index (χ0n) is 13.1. The third-order valence-corrected chi connectivity index (χ3v) is 8.81. The van der Waals surface area contributed by atoms with Crippen molar-refractivity contribution in [1.82, 2.24) is 8.61 Å². The minimum atomic E-state index is -3.61. The molecule has 0 aliphatic carbocycles. The smallest absolute Gasteiger partial charge is 0.243 e. The van der Waals surface area contributed by atoms with Gasteiger partial charge in [0.2, 0.25) is 20.0 Å². The second-order valence-corrected chi connectivity index (χ2v) is 10.6. The number of hydrogen-bond donors (Lipinski definition) is 0. The molecule has 3 rings (SSSR count). The van der Waals surface area contributed by atoms with Gasteiger partial charge >= 0.3 is 0 Å². The van der Waals surface area contributed by atoms with Crippen molar-refractivity contribution in [1.29, 1.82) is 0 Å². The van der Waals surface area contributed by atoms with Crippen LogP contribution in [0.4, 0.5) is 0 Å². The molecule has 0 saturated carbocycles. The van der Waals surface area contributed by atoms with Crippen LogP contribution in [0.3, 0.4) is 0 Å². The van der Waals surface area contributed by atoms with Crippen molar-refractivity contribution in [3.63, 3.8) is 0 Å². The second-order valence-electron chi connectivity index (χ2n) is 5.50. The molecular formula is C14H20N2O5S3. The summed E-state index contributed by atoms with van der Waals surface area (Å²) < 4.78 is 58.3. The molecule has 24 heavy (non-hydrogen) atoms. The van der Waals surface area contributed by atoms with Gasteiger partial charge in [-0.3, -0.25) is 0 Å². The van der Waals surface area contributed by atoms with E-state index in [1.165, 1.54) is 32.9 Å². The Morgan fingerprint density at radius 1 is 0.750 bits per heavy atom. The summed E-state index contributed by atoms with van der Waals surface area (Å²) >= 11 is 1.73. The number of rotatable bonds is 4. The zero-order valence-corrected chi connectivity index (χ0v) is 15.6. The number of morpholine rings is 1. The average Bonchev–Trinajstić information content (AvgIpc) is 2.63. The first-order valence-electron chi connectivity index (χ1n) is 7.68. The van der Waals surface area contributed by atoms with Crippen molar-refractivity contribution in [3.05, 3.63) is 24.3 Å². The topological polar surface area (TPSA) is 84.0 Å². The summed E-state index contributed by atoms with van der Waals surface area (Å²) in [6.45, 7) is 2.35. The number of benzene rings is 1. The first kappa shape index (κ1) is 18.2. The van der Waals surface area contributed by atoms with Gasteiger partial charge in [-0.1, -0.05) is 0 Å². The highest BCUT2D eigenvalue weighted by atomic mass is 32.2. The Kier molecular flexibility index (Phi) is 5.52. The van der Waals surface area contributed by atoms with Gasteiger partial charge in [0.25, 0.3) is 0 Å². The van der Waals surface area contributed by atoms with Gasteiger partial charge in [0.05, 0.1) is 23.0 Å². The van der Waals surface area contributed by atoms with Crippen molar-refractivity contribution in [2.75, 3.05) is 50.9 Å². The van der Waals surface area contributed by atoms with Gasteiger partial charge in [-0.25, -0.2) is 16.8 Å². The fraction of sp³-hybridized carbons (Fsp3) is 0.571. The molecule has 2 saturated heterocycles. The van der Waals surface area contributed by atoms with Crippen LogP contribution in [-0.2, 0) is 24.8 Å². The summed E-state index contributed by atoms with van der Waals surface area (Å²) in [6.07, 6.45) is 0. The van der Waals surface area contributed by atoms with E-state index < -0.39 is 20.0 Å². The SMILES string of the molecule is O=S(=O)(c1ccc(S(=O)(=O)N2CCSCC2)cc1)N1CCOCC1. The van der Waals surface area contributed by atoms with E-state index in [2.05, 4.69) is 0 Å². The molecule has 2 aliphatic heterocycles. The molecule has 134 valence electrons. The van der Waals surface area contributed by atoms with E-state index in [-0.39, 0.29) is 9.79 Å². The van der Waals surface area contributed by atoms with Gasteiger partial charge in [-0.05, 0) is 24.3 Å². The van der Waals surface area contributed by atoms with E-state index in [1.807, 2.05) is 0 Å². The molecule has 1 aromatic carbocycles. The molecular weight excluding hydrogens is 372 g/mol. The molecule has 2 aliphatic rings. The van der Waals surface area contributed by atoms with Gasteiger partial charge in [-0.15, -0.1) is 0 Å². The quantitative estimate of drug-likeness (QED) is 0.740. The third kappa shape index (κ3) is 3.63. The molecule has 7 nitrogen and oxygen atoms in total. The number of hydrogen-bond acceptors (Lipinski definition) is 6. The van der Waals surface area contributed by atoms with Crippen LogP contribution in [0.2, 0.25) is 0 Å². The minimum absolute atomic E-state index is 0.109. The van der Waals surface area contributed by atoms with Crippen LogP contribution in [0.15, 0.2) is 34.1 Å². The molecule has 0 atom stereocenters. The molecule has 10 heteroatoms. The fourth-order valence-electron chi connectivity index (χ4n) is 2.66. The predicted molar refractivity (Wildman–Crippen MR) is 92.1 cm³/mol. The molecule has 0 spiro atoms. The lowest BCUT2D eigenvalue weighted by molar-refractivity contribution is 0.0730. The summed E-state index contributed by atoms with van der Waals surface area (Å²) in [5, 5.41) is 0. The van der Waals surface area contributed by atoms with Crippen molar-refractivity contribution < 1.29 is 21.6 Å². The zero-order chi connectivity index (χ0) is 17.2. The Morgan fingerprint density at radius 2 is 1.17 bits per heavy atom. The Morgan fingerprint density at radius 3 is 1.62 bits per heavy atom. The summed E-state index contributed by atoms with van der Waals surface area (Å²) in [7, 11) is -7.17. The highest BCUT2D eigenvalue weighted by molar-refractivity contribution is 7.99. The van der Waals surface area contributed by atoms with E-state index in [0.29, 0.717) is 39.4 Å². The molecule has 2 heterocycles. The molecule has 0 unspecified atom stereocenters. The van der Waals surface area contributed by atoms with Crippen LogP contribution < -0.4 is 0 Å². The van der Waals surface area contributed by atoms with Crippen LogP contribution >= 0.6 is 11.8 Å². The van der Waals surface area contributed by atoms with Crippen LogP contribution in [0.5, 0.6) is 0 Å². The second kappa shape index (κ2) is 7.30. The number of sulfonamides is 2. The van der Waals surface area contributed by atoms with E-state index in [4.69, 9.17) is 4.74 Å². The first-order chi connectivity index (χ1) is 11.4. The fourth-order valence-corrected chi connectivity index (χ4v) is 6.64. The van der Waals surface area contributed by atoms with Crippen molar-refractivity contribution in [2.24, 2.45) is 0 Å². The van der Waals surface area contributed by atoms with Crippen molar-refractivity contribution >= 4 is 31.8 Å². The summed E-state index contributed by atoms with van der Waals surface area (Å²) in [5.74, 6) is 1.56. The van der Waals surface area contributed by atoms with E-state index in [0.717, 1.165) is 11.5 Å². The summed E-state index contributed by atoms with van der Waals surface area (Å²) in [5.41, 5.74) is 0. The van der Waals surface area contributed by atoms with Gasteiger partial charge in [0.1, 0.15) is 0 Å². The van der Waals surface area contributed by atoms with Crippen LogP contribution in [0.25, 0.3) is 0 Å². The normalized spacial score (nSPS) is 21.7. The van der Waals surface area contributed by atoms with Crippen LogP contribution in [0.1, 0.15) is 0 Å². The van der Waals surface area contributed by atoms with E-state index in [1.54, 1.807) is 11.8 Å². The Hall–Kier alpha value is -0.650. The monoisotopic (exact) mass is 392 g/mol. The summed E-state index contributed by atoms with van der Waals surface area (Å²) in [4.78, 5) is 0.243. The maximum absolute atomic E-state index is 12.6. The average molecular weight is 393 g/mol. The maximum Gasteiger partial charge on any atom is 0.243 e. The van der Waals surface area contributed by atoms with Gasteiger partial charge in [-0.2, -0.15) is 20.4 Å². The molecule has 0 N–H and O–H groups in total. The standard InChI is InChI=1S/C14H20N2O5S3/c17-23(18,15-5-9-21-10-6-15)13-1-3-14(4-2-13)24(19,20)16-7-11-22-12-8-16/h1-4H,5-12H2. The molecule has 1 aromatic rings. The lowest BCUT2D eigenvalue weighted by atomic mass is 10.4. The summed E-state index contributed by atoms with van der Waals surface area (Å²) in [6, 6.07) is 5.50. The Bertz CT molecular complexity index is 698. The molecule has 0 bridgehead atoms. The van der Waals surface area contributed by atoms with Crippen molar-refractivity contribution in [3.8, 4) is 0 Å². The lowest BCUT2D eigenvalue weighted by Gasteiger charge is -2.27. The maximum atomic E-state index is 12.6. The molecule has 2 fully saturated rings. The minimum Gasteiger partial charge on any atom is -0.379 e. The highest BCUT2D eigenvalue weighted by Gasteiger charge is 2.29. The van der Waals surface area contributed by atoms with Gasteiger partial charge in [0, 0.05) is 37.7 Å². The van der Waals surface area contributed by atoms with Crippen molar-refractivity contribution in [2.45, 2.75) is 9.79 Å². The predicted octanol–water partition coefficient (Wildman–Crippen LogP) is 0.445. The largest absolute Gasteiger partial charge is 0.379 e. The Labute approximate surface area is 147 Å². The lowest BCUT2D eigenvalue weighted by Crippen LogP contribution is -2.40. The highest BCUT2D eigenvalue weighted by Crippen LogP contribution is 2.23. The number of thioether (sulfide) groups is 1. The molecule has 0 radical (unpaired) electrons. The van der Waals surface area contributed by atoms with Crippen LogP contribution in [0, 0.1) is 0 Å². The molecule has 0 aromatic heterocycles. The Balaban J connectivity index is 1.82. The van der Waals surface area contributed by atoms with E-state index >= 15 is 0 Å². The van der Waals surface area contributed by atoms with Gasteiger partial charge in [0.15, 0.2) is 0 Å². The first-order valence-corrected chi connectivity index (χ1v) is 11.7. The third-order valence-electron chi connectivity index (χ3n) is 4.04. The van der Waals surface area contributed by atoms with Crippen LogP contribution in [-0.4, -0.2) is 76.3 Å². The number of nitrogens with zero attached hydrogens (tertiary/aromatic N) is 2. The number of ether oxygens (including phenoxy) is 1. The van der Waals surface area contributed by atoms with E-state index in [9.17, 15) is 16.8 Å².